The third-order valence-corrected chi connectivity index (χ3v) is 13.1. The van der Waals surface area contributed by atoms with Crippen molar-refractivity contribution in [3.8, 4) is 0 Å². The van der Waals surface area contributed by atoms with Gasteiger partial charge in [-0.25, -0.2) is 0 Å². The molecule has 0 radical (unpaired) electrons. The van der Waals surface area contributed by atoms with Crippen molar-refractivity contribution in [2.75, 3.05) is 0 Å². The molecule has 2 aromatic rings. The van der Waals surface area contributed by atoms with E-state index in [0.717, 1.165) is 51.4 Å². The second-order valence-corrected chi connectivity index (χ2v) is 18.5. The molecule has 2 saturated carbocycles. The zero-order valence-electron chi connectivity index (χ0n) is 32.5. The average Bonchev–Trinajstić information content (AvgIpc) is 3.08. The first-order valence-corrected chi connectivity index (χ1v) is 19.1. The molecule has 4 unspecified atom stereocenters. The molecule has 4 aliphatic rings. The van der Waals surface area contributed by atoms with Gasteiger partial charge in [-0.15, -0.1) is 0 Å². The number of rotatable bonds is 6. The SMILES string of the molecule is CC1(C)CCC(C)(C)c2cc(C(=O)C3CCCCC3C(=O)O)ccc21.CC1(C)CCC(C)(C)c2cc(C(=O)C3CCCCC3C(=O)O)ccc21.[Zn]. The minimum absolute atomic E-state index is 0. The van der Waals surface area contributed by atoms with Gasteiger partial charge in [0, 0.05) is 42.4 Å². The van der Waals surface area contributed by atoms with Gasteiger partial charge in [0.2, 0.25) is 0 Å². The fourth-order valence-corrected chi connectivity index (χ4v) is 9.39. The zero-order valence-corrected chi connectivity index (χ0v) is 35.5. The van der Waals surface area contributed by atoms with Gasteiger partial charge in [-0.1, -0.05) is 105 Å². The molecule has 0 spiro atoms. The van der Waals surface area contributed by atoms with Crippen LogP contribution in [-0.2, 0) is 50.7 Å². The van der Waals surface area contributed by atoms with Crippen molar-refractivity contribution in [2.24, 2.45) is 23.7 Å². The van der Waals surface area contributed by atoms with E-state index in [-0.39, 0.29) is 64.5 Å². The topological polar surface area (TPSA) is 109 Å². The van der Waals surface area contributed by atoms with Crippen LogP contribution >= 0.6 is 0 Å². The fraction of sp³-hybridized carbons (Fsp3) is 0.636. The molecule has 0 aromatic heterocycles. The molecule has 6 rings (SSSR count). The fourth-order valence-electron chi connectivity index (χ4n) is 9.39. The summed E-state index contributed by atoms with van der Waals surface area (Å²) < 4.78 is 0. The van der Waals surface area contributed by atoms with Crippen LogP contribution in [0.5, 0.6) is 0 Å². The molecule has 0 heterocycles. The molecule has 7 heteroatoms. The van der Waals surface area contributed by atoms with Crippen LogP contribution in [-0.4, -0.2) is 33.7 Å². The summed E-state index contributed by atoms with van der Waals surface area (Å²) in [6, 6.07) is 12.2. The molecule has 2 N–H and O–H groups in total. The summed E-state index contributed by atoms with van der Waals surface area (Å²) in [6.07, 6.45) is 10.8. The minimum Gasteiger partial charge on any atom is -0.481 e. The van der Waals surface area contributed by atoms with Crippen molar-refractivity contribution in [3.05, 3.63) is 69.8 Å². The molecule has 274 valence electrons. The molecule has 4 atom stereocenters. The monoisotopic (exact) mass is 748 g/mol. The van der Waals surface area contributed by atoms with Gasteiger partial charge in [0.15, 0.2) is 11.6 Å². The maximum atomic E-state index is 13.1. The van der Waals surface area contributed by atoms with Gasteiger partial charge in [0.25, 0.3) is 0 Å². The van der Waals surface area contributed by atoms with Crippen LogP contribution in [0.4, 0.5) is 0 Å². The van der Waals surface area contributed by atoms with E-state index in [4.69, 9.17) is 0 Å². The van der Waals surface area contributed by atoms with Gasteiger partial charge in [0.05, 0.1) is 11.8 Å². The number of hydrogen-bond donors (Lipinski definition) is 2. The third-order valence-electron chi connectivity index (χ3n) is 13.1. The van der Waals surface area contributed by atoms with Crippen LogP contribution in [0.15, 0.2) is 36.4 Å². The molecule has 0 aliphatic heterocycles. The first-order valence-electron chi connectivity index (χ1n) is 19.1. The quantitative estimate of drug-likeness (QED) is 0.225. The zero-order chi connectivity index (χ0) is 36.8. The van der Waals surface area contributed by atoms with Crippen LogP contribution in [0.25, 0.3) is 0 Å². The number of carbonyl (C=O) groups is 4. The van der Waals surface area contributed by atoms with Gasteiger partial charge in [0.1, 0.15) is 0 Å². The summed E-state index contributed by atoms with van der Waals surface area (Å²) >= 11 is 0. The Balaban J connectivity index is 0.000000224. The maximum Gasteiger partial charge on any atom is 0.307 e. The summed E-state index contributed by atoms with van der Waals surface area (Å²) in [7, 11) is 0. The van der Waals surface area contributed by atoms with Crippen molar-refractivity contribution in [1.29, 1.82) is 0 Å². The smallest absolute Gasteiger partial charge is 0.307 e. The van der Waals surface area contributed by atoms with Crippen molar-refractivity contribution in [3.63, 3.8) is 0 Å². The Morgan fingerprint density at radius 2 is 0.745 bits per heavy atom. The van der Waals surface area contributed by atoms with E-state index in [1.165, 1.54) is 22.3 Å². The first-order chi connectivity index (χ1) is 23.3. The molecule has 0 bridgehead atoms. The Morgan fingerprint density at radius 3 is 1.04 bits per heavy atom. The molecule has 51 heavy (non-hydrogen) atoms. The second-order valence-electron chi connectivity index (χ2n) is 18.5. The van der Waals surface area contributed by atoms with Gasteiger partial charge in [-0.3, -0.25) is 19.2 Å². The summed E-state index contributed by atoms with van der Waals surface area (Å²) in [4.78, 5) is 49.4. The third kappa shape index (κ3) is 8.45. The number of aliphatic carboxylic acids is 2. The maximum absolute atomic E-state index is 13.1. The number of carboxylic acid groups (broad SMARTS) is 2. The predicted molar refractivity (Wildman–Crippen MR) is 198 cm³/mol. The number of fused-ring (bicyclic) bond motifs is 2. The molecule has 0 amide bonds. The van der Waals surface area contributed by atoms with Crippen LogP contribution in [0.3, 0.4) is 0 Å². The first kappa shape index (κ1) is 41.1. The van der Waals surface area contributed by atoms with Crippen LogP contribution < -0.4 is 0 Å². The Kier molecular flexibility index (Phi) is 12.4. The van der Waals surface area contributed by atoms with E-state index in [1.54, 1.807) is 0 Å². The molecule has 4 aliphatic carbocycles. The Hall–Kier alpha value is -2.66. The average molecular weight is 750 g/mol. The van der Waals surface area contributed by atoms with Crippen LogP contribution in [0, 0.1) is 23.7 Å². The van der Waals surface area contributed by atoms with Gasteiger partial charge in [-0.05, 0) is 107 Å². The molecule has 0 saturated heterocycles. The second kappa shape index (κ2) is 15.4. The summed E-state index contributed by atoms with van der Waals surface area (Å²) in [5.74, 6) is -3.39. The Morgan fingerprint density at radius 1 is 0.471 bits per heavy atom. The Bertz CT molecular complexity index is 1530. The standard InChI is InChI=1S/2C22H30O3.Zn/c2*1-21(2)11-12-22(3,4)18-13-14(9-10-17(18)21)19(23)15-7-5-6-8-16(15)20(24)25;/h2*9-10,13,15-16H,5-8,11-12H2,1-4H3,(H,24,25);. The van der Waals surface area contributed by atoms with Crippen molar-refractivity contribution < 1.29 is 48.9 Å². The van der Waals surface area contributed by atoms with Crippen molar-refractivity contribution in [2.45, 2.75) is 154 Å². The van der Waals surface area contributed by atoms with Gasteiger partial charge in [-0.2, -0.15) is 0 Å². The number of ketones is 2. The van der Waals surface area contributed by atoms with E-state index in [2.05, 4.69) is 79.7 Å². The molecule has 6 nitrogen and oxygen atoms in total. The van der Waals surface area contributed by atoms with E-state index >= 15 is 0 Å². The van der Waals surface area contributed by atoms with E-state index in [1.807, 2.05) is 12.1 Å². The number of Topliss-reactive ketones (excluding diaryl/α,β-unsaturated/α-hetero) is 2. The Labute approximate surface area is 318 Å². The summed E-state index contributed by atoms with van der Waals surface area (Å²) in [5.41, 5.74) is 6.94. The number of benzene rings is 2. The van der Waals surface area contributed by atoms with Gasteiger partial charge >= 0.3 is 11.9 Å². The van der Waals surface area contributed by atoms with E-state index in [0.29, 0.717) is 36.8 Å². The number of carboxylic acids is 2. The van der Waals surface area contributed by atoms with Crippen molar-refractivity contribution >= 4 is 23.5 Å². The number of carbonyl (C=O) groups excluding carboxylic acids is 2. The predicted octanol–water partition coefficient (Wildman–Crippen LogP) is 10.2. The van der Waals surface area contributed by atoms with Crippen LogP contribution in [0.2, 0.25) is 0 Å². The van der Waals surface area contributed by atoms with Crippen LogP contribution in [0.1, 0.15) is 175 Å². The van der Waals surface area contributed by atoms with E-state index < -0.39 is 23.8 Å². The van der Waals surface area contributed by atoms with Crippen molar-refractivity contribution in [1.82, 2.24) is 0 Å². The number of hydrogen-bond acceptors (Lipinski definition) is 4. The molecule has 2 aromatic carbocycles. The van der Waals surface area contributed by atoms with Gasteiger partial charge < -0.3 is 10.2 Å². The molecular weight excluding hydrogens is 690 g/mol. The van der Waals surface area contributed by atoms with E-state index in [9.17, 15) is 29.4 Å². The largest absolute Gasteiger partial charge is 0.481 e. The normalized spacial score (nSPS) is 26.8. The summed E-state index contributed by atoms with van der Waals surface area (Å²) in [6.45, 7) is 18.1. The minimum atomic E-state index is -0.822. The molecular formula is C44H60O6Zn. The molecule has 2 fully saturated rings. The summed E-state index contributed by atoms with van der Waals surface area (Å²) in [5, 5.41) is 19.0.